The van der Waals surface area contributed by atoms with Crippen molar-refractivity contribution in [2.75, 3.05) is 7.11 Å². The number of phenols is 1. The van der Waals surface area contributed by atoms with Gasteiger partial charge in [0, 0.05) is 11.8 Å². The number of ether oxygens (including phenoxy) is 1. The van der Waals surface area contributed by atoms with Crippen LogP contribution in [-0.4, -0.2) is 17.2 Å². The van der Waals surface area contributed by atoms with E-state index in [0.717, 1.165) is 11.1 Å². The maximum absolute atomic E-state index is 9.32. The van der Waals surface area contributed by atoms with Crippen molar-refractivity contribution in [3.05, 3.63) is 41.7 Å². The average molecular weight is 236 g/mol. The predicted octanol–water partition coefficient (Wildman–Crippen LogP) is 3.12. The second kappa shape index (κ2) is 4.41. The summed E-state index contributed by atoms with van der Waals surface area (Å²) < 4.78 is 5.09. The van der Waals surface area contributed by atoms with E-state index in [4.69, 9.17) is 16.3 Å². The lowest BCUT2D eigenvalue weighted by atomic mass is 10.1. The molecular formula is C12H10ClNO2. The zero-order valence-corrected chi connectivity index (χ0v) is 9.40. The summed E-state index contributed by atoms with van der Waals surface area (Å²) in [6, 6.07) is 6.87. The molecule has 0 spiro atoms. The summed E-state index contributed by atoms with van der Waals surface area (Å²) in [5, 5.41) is 9.64. The van der Waals surface area contributed by atoms with Gasteiger partial charge in [0.1, 0.15) is 11.5 Å². The Kier molecular flexibility index (Phi) is 2.97. The van der Waals surface area contributed by atoms with Crippen LogP contribution in [0.3, 0.4) is 0 Å². The molecule has 0 amide bonds. The van der Waals surface area contributed by atoms with Crippen LogP contribution in [-0.2, 0) is 0 Å². The molecule has 0 saturated carbocycles. The van der Waals surface area contributed by atoms with E-state index < -0.39 is 0 Å². The number of hydrogen-bond acceptors (Lipinski definition) is 3. The van der Waals surface area contributed by atoms with Gasteiger partial charge in [0.05, 0.1) is 18.3 Å². The molecule has 0 unspecified atom stereocenters. The van der Waals surface area contributed by atoms with Crippen molar-refractivity contribution < 1.29 is 9.84 Å². The Balaban J connectivity index is 2.46. The number of benzene rings is 1. The fourth-order valence-electron chi connectivity index (χ4n) is 1.37. The highest BCUT2D eigenvalue weighted by molar-refractivity contribution is 6.32. The summed E-state index contributed by atoms with van der Waals surface area (Å²) in [7, 11) is 1.59. The van der Waals surface area contributed by atoms with Crippen LogP contribution >= 0.6 is 11.6 Å². The third-order valence-corrected chi connectivity index (χ3v) is 2.53. The zero-order valence-electron chi connectivity index (χ0n) is 8.64. The summed E-state index contributed by atoms with van der Waals surface area (Å²) in [6.07, 6.45) is 3.34. The van der Waals surface area contributed by atoms with Crippen molar-refractivity contribution in [1.29, 1.82) is 0 Å². The van der Waals surface area contributed by atoms with Crippen LogP contribution in [0.15, 0.2) is 36.7 Å². The number of rotatable bonds is 2. The van der Waals surface area contributed by atoms with Crippen LogP contribution < -0.4 is 4.74 Å². The van der Waals surface area contributed by atoms with Crippen LogP contribution in [0, 0.1) is 0 Å². The Morgan fingerprint density at radius 2 is 2.00 bits per heavy atom. The summed E-state index contributed by atoms with van der Waals surface area (Å²) in [5.41, 5.74) is 1.77. The molecule has 0 aliphatic carbocycles. The molecule has 1 N–H and O–H groups in total. The third kappa shape index (κ3) is 2.09. The molecule has 0 fully saturated rings. The van der Waals surface area contributed by atoms with Crippen molar-refractivity contribution in [1.82, 2.24) is 4.98 Å². The first-order valence-electron chi connectivity index (χ1n) is 4.68. The van der Waals surface area contributed by atoms with Gasteiger partial charge in [-0.3, -0.25) is 4.98 Å². The van der Waals surface area contributed by atoms with Crippen molar-refractivity contribution in [3.63, 3.8) is 0 Å². The van der Waals surface area contributed by atoms with Gasteiger partial charge in [0.25, 0.3) is 0 Å². The van der Waals surface area contributed by atoms with Crippen LogP contribution in [0.25, 0.3) is 11.1 Å². The number of pyridine rings is 1. The summed E-state index contributed by atoms with van der Waals surface area (Å²) in [5.74, 6) is 0.753. The molecule has 0 bridgehead atoms. The smallest absolute Gasteiger partial charge is 0.137 e. The Bertz CT molecular complexity index is 514. The van der Waals surface area contributed by atoms with E-state index in [-0.39, 0.29) is 5.75 Å². The molecule has 0 atom stereocenters. The number of hydrogen-bond donors (Lipinski definition) is 1. The number of nitrogens with zero attached hydrogens (tertiary/aromatic N) is 1. The molecule has 1 aromatic heterocycles. The molecule has 1 heterocycles. The van der Waals surface area contributed by atoms with Crippen molar-refractivity contribution in [2.45, 2.75) is 0 Å². The number of aromatic hydroxyl groups is 1. The van der Waals surface area contributed by atoms with E-state index in [1.807, 2.05) is 6.07 Å². The largest absolute Gasteiger partial charge is 0.506 e. The minimum atomic E-state index is 0.0706. The molecule has 3 nitrogen and oxygen atoms in total. The minimum absolute atomic E-state index is 0.0706. The second-order valence-corrected chi connectivity index (χ2v) is 3.69. The SMILES string of the molecule is COc1cncc(-c2ccc(O)c(Cl)c2)c1. The first-order valence-corrected chi connectivity index (χ1v) is 5.06. The number of halogens is 1. The van der Waals surface area contributed by atoms with Gasteiger partial charge < -0.3 is 9.84 Å². The van der Waals surface area contributed by atoms with E-state index >= 15 is 0 Å². The van der Waals surface area contributed by atoms with Gasteiger partial charge in [-0.25, -0.2) is 0 Å². The summed E-state index contributed by atoms with van der Waals surface area (Å²) in [6.45, 7) is 0. The van der Waals surface area contributed by atoms with Gasteiger partial charge in [-0.15, -0.1) is 0 Å². The molecule has 0 aliphatic heterocycles. The summed E-state index contributed by atoms with van der Waals surface area (Å²) >= 11 is 5.84. The number of aromatic nitrogens is 1. The molecule has 0 radical (unpaired) electrons. The quantitative estimate of drug-likeness (QED) is 0.870. The van der Waals surface area contributed by atoms with E-state index in [1.165, 1.54) is 0 Å². The van der Waals surface area contributed by atoms with E-state index in [2.05, 4.69) is 4.98 Å². The van der Waals surface area contributed by atoms with Gasteiger partial charge in [0.15, 0.2) is 0 Å². The van der Waals surface area contributed by atoms with Gasteiger partial charge >= 0.3 is 0 Å². The van der Waals surface area contributed by atoms with Crippen molar-refractivity contribution in [2.24, 2.45) is 0 Å². The van der Waals surface area contributed by atoms with Crippen LogP contribution in [0.2, 0.25) is 5.02 Å². The maximum Gasteiger partial charge on any atom is 0.137 e. The van der Waals surface area contributed by atoms with Gasteiger partial charge in [-0.05, 0) is 23.8 Å². The topological polar surface area (TPSA) is 42.4 Å². The highest BCUT2D eigenvalue weighted by atomic mass is 35.5. The molecule has 4 heteroatoms. The lowest BCUT2D eigenvalue weighted by Crippen LogP contribution is -1.86. The second-order valence-electron chi connectivity index (χ2n) is 3.28. The van der Waals surface area contributed by atoms with E-state index in [9.17, 15) is 5.11 Å². The first-order chi connectivity index (χ1) is 7.70. The highest BCUT2D eigenvalue weighted by Crippen LogP contribution is 2.30. The predicted molar refractivity (Wildman–Crippen MR) is 62.9 cm³/mol. The fourth-order valence-corrected chi connectivity index (χ4v) is 1.56. The number of methoxy groups -OCH3 is 1. The molecule has 2 rings (SSSR count). The van der Waals surface area contributed by atoms with Crippen LogP contribution in [0.5, 0.6) is 11.5 Å². The minimum Gasteiger partial charge on any atom is -0.506 e. The van der Waals surface area contributed by atoms with Crippen molar-refractivity contribution in [3.8, 4) is 22.6 Å². The molecule has 16 heavy (non-hydrogen) atoms. The van der Waals surface area contributed by atoms with Gasteiger partial charge in [-0.1, -0.05) is 17.7 Å². The molecule has 0 aliphatic rings. The standard InChI is InChI=1S/C12H10ClNO2/c1-16-10-4-9(6-14-7-10)8-2-3-12(15)11(13)5-8/h2-7,15H,1H3. The normalized spacial score (nSPS) is 10.1. The Labute approximate surface area is 98.3 Å². The summed E-state index contributed by atoms with van der Waals surface area (Å²) in [4.78, 5) is 4.05. The van der Waals surface area contributed by atoms with E-state index in [1.54, 1.807) is 37.7 Å². The molecular weight excluding hydrogens is 226 g/mol. The molecule has 1 aromatic carbocycles. The molecule has 0 saturated heterocycles. The molecule has 2 aromatic rings. The zero-order chi connectivity index (χ0) is 11.5. The average Bonchev–Trinajstić information content (AvgIpc) is 2.33. The van der Waals surface area contributed by atoms with Gasteiger partial charge in [-0.2, -0.15) is 0 Å². The van der Waals surface area contributed by atoms with Crippen LogP contribution in [0.1, 0.15) is 0 Å². The number of phenolic OH excluding ortho intramolecular Hbond substituents is 1. The van der Waals surface area contributed by atoms with Gasteiger partial charge in [0.2, 0.25) is 0 Å². The lowest BCUT2D eigenvalue weighted by Gasteiger charge is -2.05. The van der Waals surface area contributed by atoms with E-state index in [0.29, 0.717) is 10.8 Å². The van der Waals surface area contributed by atoms with Crippen LogP contribution in [0.4, 0.5) is 0 Å². The Morgan fingerprint density at radius 1 is 1.19 bits per heavy atom. The first kappa shape index (κ1) is 10.8. The Morgan fingerprint density at radius 3 is 2.69 bits per heavy atom. The maximum atomic E-state index is 9.32. The monoisotopic (exact) mass is 235 g/mol. The third-order valence-electron chi connectivity index (χ3n) is 2.23. The lowest BCUT2D eigenvalue weighted by molar-refractivity contribution is 0.413. The van der Waals surface area contributed by atoms with Crippen molar-refractivity contribution >= 4 is 11.6 Å². The molecule has 82 valence electrons. The highest BCUT2D eigenvalue weighted by Gasteiger charge is 2.03. The fraction of sp³-hybridized carbons (Fsp3) is 0.0833. The Hall–Kier alpha value is -1.74.